The number of hydrogen-bond donors (Lipinski definition) is 2. The number of benzene rings is 1. The molecule has 2 amide bonds. The third-order valence-corrected chi connectivity index (χ3v) is 3.28. The predicted molar refractivity (Wildman–Crippen MR) is 71.5 cm³/mol. The number of nitrogens with zero attached hydrogens (tertiary/aromatic N) is 1. The van der Waals surface area contributed by atoms with E-state index in [1.807, 2.05) is 35.2 Å². The molecule has 18 heavy (non-hydrogen) atoms. The number of hydrogen-bond acceptors (Lipinski definition) is 2. The van der Waals surface area contributed by atoms with E-state index < -0.39 is 0 Å². The van der Waals surface area contributed by atoms with Gasteiger partial charge in [-0.05, 0) is 38.3 Å². The van der Waals surface area contributed by atoms with Crippen LogP contribution in [0.5, 0.6) is 0 Å². The first kappa shape index (κ1) is 12.9. The summed E-state index contributed by atoms with van der Waals surface area (Å²) in [5.41, 5.74) is 0.810. The predicted octanol–water partition coefficient (Wildman–Crippen LogP) is 2.45. The van der Waals surface area contributed by atoms with Crippen LogP contribution in [0, 0.1) is 0 Å². The van der Waals surface area contributed by atoms with Crippen LogP contribution in [-0.4, -0.2) is 34.7 Å². The van der Waals surface area contributed by atoms with Gasteiger partial charge in [-0.15, -0.1) is 0 Å². The van der Waals surface area contributed by atoms with Crippen molar-refractivity contribution in [2.24, 2.45) is 0 Å². The number of amides is 2. The first-order valence-electron chi connectivity index (χ1n) is 6.47. The molecular weight excluding hydrogens is 228 g/mol. The average Bonchev–Trinajstić information content (AvgIpc) is 2.77. The molecule has 1 aromatic rings. The van der Waals surface area contributed by atoms with Gasteiger partial charge in [0.25, 0.3) is 0 Å². The van der Waals surface area contributed by atoms with Crippen molar-refractivity contribution < 1.29 is 9.90 Å². The summed E-state index contributed by atoms with van der Waals surface area (Å²) >= 11 is 0. The highest BCUT2D eigenvalue weighted by Crippen LogP contribution is 2.22. The molecule has 0 saturated carbocycles. The number of rotatable bonds is 3. The summed E-state index contributed by atoms with van der Waals surface area (Å²) in [4.78, 5) is 14.0. The fraction of sp³-hybridized carbons (Fsp3) is 0.500. The molecule has 4 nitrogen and oxygen atoms in total. The summed E-state index contributed by atoms with van der Waals surface area (Å²) in [6, 6.07) is 9.55. The van der Waals surface area contributed by atoms with E-state index in [-0.39, 0.29) is 18.2 Å². The van der Waals surface area contributed by atoms with Gasteiger partial charge >= 0.3 is 6.03 Å². The molecule has 1 aromatic carbocycles. The van der Waals surface area contributed by atoms with Crippen molar-refractivity contribution >= 4 is 11.7 Å². The van der Waals surface area contributed by atoms with Gasteiger partial charge in [-0.2, -0.15) is 0 Å². The largest absolute Gasteiger partial charge is 0.393 e. The first-order valence-corrected chi connectivity index (χ1v) is 6.47. The van der Waals surface area contributed by atoms with E-state index in [1.54, 1.807) is 6.92 Å². The number of urea groups is 1. The molecule has 1 heterocycles. The zero-order valence-electron chi connectivity index (χ0n) is 10.7. The molecule has 4 heteroatoms. The SMILES string of the molecule is CC(O)CC1CCCN1C(=O)Nc1ccccc1. The summed E-state index contributed by atoms with van der Waals surface area (Å²) in [7, 11) is 0. The lowest BCUT2D eigenvalue weighted by atomic mass is 10.1. The van der Waals surface area contributed by atoms with Crippen LogP contribution in [0.2, 0.25) is 0 Å². The van der Waals surface area contributed by atoms with E-state index in [2.05, 4.69) is 5.32 Å². The molecule has 0 aliphatic carbocycles. The van der Waals surface area contributed by atoms with Gasteiger partial charge in [0.05, 0.1) is 6.10 Å². The van der Waals surface area contributed by atoms with Crippen molar-refractivity contribution in [3.05, 3.63) is 30.3 Å². The van der Waals surface area contributed by atoms with Crippen LogP contribution < -0.4 is 5.32 Å². The molecular formula is C14H20N2O2. The van der Waals surface area contributed by atoms with Crippen molar-refractivity contribution in [2.45, 2.75) is 38.3 Å². The van der Waals surface area contributed by atoms with Crippen molar-refractivity contribution in [1.82, 2.24) is 4.90 Å². The summed E-state index contributed by atoms with van der Waals surface area (Å²) in [5, 5.41) is 12.3. The van der Waals surface area contributed by atoms with E-state index in [0.29, 0.717) is 6.42 Å². The minimum Gasteiger partial charge on any atom is -0.393 e. The summed E-state index contributed by atoms with van der Waals surface area (Å²) in [6.45, 7) is 2.54. The molecule has 2 unspecified atom stereocenters. The number of nitrogens with one attached hydrogen (secondary N) is 1. The highest BCUT2D eigenvalue weighted by Gasteiger charge is 2.29. The lowest BCUT2D eigenvalue weighted by molar-refractivity contribution is 0.142. The lowest BCUT2D eigenvalue weighted by Crippen LogP contribution is -2.40. The second-order valence-electron chi connectivity index (χ2n) is 4.87. The number of anilines is 1. The maximum atomic E-state index is 12.1. The molecule has 0 radical (unpaired) electrons. The second kappa shape index (κ2) is 5.87. The van der Waals surface area contributed by atoms with Crippen LogP contribution in [0.25, 0.3) is 0 Å². The quantitative estimate of drug-likeness (QED) is 0.863. The van der Waals surface area contributed by atoms with Crippen LogP contribution >= 0.6 is 0 Å². The summed E-state index contributed by atoms with van der Waals surface area (Å²) in [5.74, 6) is 0. The van der Waals surface area contributed by atoms with E-state index in [1.165, 1.54) is 0 Å². The van der Waals surface area contributed by atoms with Crippen molar-refractivity contribution in [3.63, 3.8) is 0 Å². The van der Waals surface area contributed by atoms with Crippen LogP contribution in [-0.2, 0) is 0 Å². The number of aliphatic hydroxyl groups is 1. The maximum absolute atomic E-state index is 12.1. The average molecular weight is 248 g/mol. The Balaban J connectivity index is 1.96. The van der Waals surface area contributed by atoms with Crippen LogP contribution in [0.1, 0.15) is 26.2 Å². The molecule has 0 spiro atoms. The summed E-state index contributed by atoms with van der Waals surface area (Å²) < 4.78 is 0. The molecule has 1 aliphatic rings. The Bertz CT molecular complexity index is 392. The zero-order chi connectivity index (χ0) is 13.0. The van der Waals surface area contributed by atoms with E-state index in [9.17, 15) is 9.90 Å². The highest BCUT2D eigenvalue weighted by molar-refractivity contribution is 5.89. The minimum absolute atomic E-state index is 0.0654. The molecule has 1 aliphatic heterocycles. The van der Waals surface area contributed by atoms with Crippen LogP contribution in [0.3, 0.4) is 0 Å². The Morgan fingerprint density at radius 2 is 2.22 bits per heavy atom. The molecule has 2 rings (SSSR count). The Hall–Kier alpha value is -1.55. The van der Waals surface area contributed by atoms with Gasteiger partial charge < -0.3 is 15.3 Å². The topological polar surface area (TPSA) is 52.6 Å². The van der Waals surface area contributed by atoms with Gasteiger partial charge in [-0.1, -0.05) is 18.2 Å². The smallest absolute Gasteiger partial charge is 0.322 e. The number of carbonyl (C=O) groups excluding carboxylic acids is 1. The highest BCUT2D eigenvalue weighted by atomic mass is 16.3. The van der Waals surface area contributed by atoms with E-state index in [0.717, 1.165) is 25.1 Å². The van der Waals surface area contributed by atoms with E-state index in [4.69, 9.17) is 0 Å². The Morgan fingerprint density at radius 3 is 2.89 bits per heavy atom. The van der Waals surface area contributed by atoms with Gasteiger partial charge in [0.1, 0.15) is 0 Å². The van der Waals surface area contributed by atoms with Crippen molar-refractivity contribution in [2.75, 3.05) is 11.9 Å². The Morgan fingerprint density at radius 1 is 1.50 bits per heavy atom. The third-order valence-electron chi connectivity index (χ3n) is 3.28. The number of para-hydroxylation sites is 1. The molecule has 98 valence electrons. The molecule has 0 aromatic heterocycles. The third kappa shape index (κ3) is 3.23. The second-order valence-corrected chi connectivity index (χ2v) is 4.87. The number of likely N-dealkylation sites (tertiary alicyclic amines) is 1. The number of carbonyl (C=O) groups is 1. The van der Waals surface area contributed by atoms with Crippen LogP contribution in [0.4, 0.5) is 10.5 Å². The Kier molecular flexibility index (Phi) is 4.20. The van der Waals surface area contributed by atoms with Crippen molar-refractivity contribution in [1.29, 1.82) is 0 Å². The van der Waals surface area contributed by atoms with Gasteiger partial charge in [-0.3, -0.25) is 0 Å². The zero-order valence-corrected chi connectivity index (χ0v) is 10.7. The van der Waals surface area contributed by atoms with Gasteiger partial charge in [-0.25, -0.2) is 4.79 Å². The van der Waals surface area contributed by atoms with Crippen molar-refractivity contribution in [3.8, 4) is 0 Å². The van der Waals surface area contributed by atoms with Gasteiger partial charge in [0, 0.05) is 18.3 Å². The van der Waals surface area contributed by atoms with Crippen LogP contribution in [0.15, 0.2) is 30.3 Å². The van der Waals surface area contributed by atoms with Gasteiger partial charge in [0.15, 0.2) is 0 Å². The fourth-order valence-electron chi connectivity index (χ4n) is 2.46. The Labute approximate surface area is 108 Å². The standard InChI is InChI=1S/C14H20N2O2/c1-11(17)10-13-8-5-9-16(13)14(18)15-12-6-3-2-4-7-12/h2-4,6-7,11,13,17H,5,8-10H2,1H3,(H,15,18). The normalized spacial score (nSPS) is 20.8. The first-order chi connectivity index (χ1) is 8.66. The maximum Gasteiger partial charge on any atom is 0.322 e. The molecule has 0 bridgehead atoms. The molecule has 1 saturated heterocycles. The molecule has 2 atom stereocenters. The fourth-order valence-corrected chi connectivity index (χ4v) is 2.46. The molecule has 1 fully saturated rings. The molecule has 2 N–H and O–H groups in total. The minimum atomic E-state index is -0.361. The monoisotopic (exact) mass is 248 g/mol. The van der Waals surface area contributed by atoms with E-state index >= 15 is 0 Å². The summed E-state index contributed by atoms with van der Waals surface area (Å²) in [6.07, 6.45) is 2.29. The van der Waals surface area contributed by atoms with Gasteiger partial charge in [0.2, 0.25) is 0 Å². The number of aliphatic hydroxyl groups excluding tert-OH is 1. The lowest BCUT2D eigenvalue weighted by Gasteiger charge is -2.25.